The van der Waals surface area contributed by atoms with Crippen LogP contribution in [0.5, 0.6) is 5.75 Å². The number of nitrogens with one attached hydrogen (secondary N) is 1. The van der Waals surface area contributed by atoms with Crippen molar-refractivity contribution < 1.29 is 14.6 Å². The number of hydrogen-bond donors (Lipinski definition) is 2. The van der Waals surface area contributed by atoms with E-state index in [-0.39, 0.29) is 6.04 Å². The predicted octanol–water partition coefficient (Wildman–Crippen LogP) is 3.44. The molecule has 18 heavy (non-hydrogen) atoms. The topological polar surface area (TPSA) is 58.6 Å². The van der Waals surface area contributed by atoms with E-state index < -0.39 is 6.09 Å². The molecule has 0 saturated carbocycles. The van der Waals surface area contributed by atoms with Crippen molar-refractivity contribution in [3.8, 4) is 5.75 Å². The molecule has 4 nitrogen and oxygen atoms in total. The van der Waals surface area contributed by atoms with Crippen molar-refractivity contribution in [2.24, 2.45) is 5.92 Å². The van der Waals surface area contributed by atoms with Gasteiger partial charge in [0.25, 0.3) is 0 Å². The molecule has 0 radical (unpaired) electrons. The molecule has 0 aliphatic carbocycles. The Morgan fingerprint density at radius 1 is 1.33 bits per heavy atom. The van der Waals surface area contributed by atoms with E-state index in [2.05, 4.69) is 19.2 Å². The summed E-state index contributed by atoms with van der Waals surface area (Å²) in [5.41, 5.74) is 0.924. The zero-order valence-corrected chi connectivity index (χ0v) is 11.1. The van der Waals surface area contributed by atoms with Crippen LogP contribution in [-0.2, 0) is 0 Å². The minimum absolute atomic E-state index is 0.217. The monoisotopic (exact) mass is 251 g/mol. The van der Waals surface area contributed by atoms with E-state index in [4.69, 9.17) is 9.84 Å². The SMILES string of the molecule is CCC(C)COc1ccc(C(C)NC(=O)O)cc1. The van der Waals surface area contributed by atoms with E-state index in [1.807, 2.05) is 31.2 Å². The molecule has 0 saturated heterocycles. The van der Waals surface area contributed by atoms with Gasteiger partial charge in [-0.25, -0.2) is 4.79 Å². The maximum atomic E-state index is 10.5. The van der Waals surface area contributed by atoms with Gasteiger partial charge >= 0.3 is 6.09 Å². The summed E-state index contributed by atoms with van der Waals surface area (Å²) < 4.78 is 5.64. The van der Waals surface area contributed by atoms with Crippen molar-refractivity contribution in [3.05, 3.63) is 29.8 Å². The Balaban J connectivity index is 2.54. The normalized spacial score (nSPS) is 13.7. The summed E-state index contributed by atoms with van der Waals surface area (Å²) in [7, 11) is 0. The van der Waals surface area contributed by atoms with Gasteiger partial charge < -0.3 is 15.2 Å². The molecule has 1 aromatic rings. The maximum absolute atomic E-state index is 10.5. The largest absolute Gasteiger partial charge is 0.493 e. The van der Waals surface area contributed by atoms with Crippen molar-refractivity contribution in [1.29, 1.82) is 0 Å². The Bertz CT molecular complexity index is 375. The van der Waals surface area contributed by atoms with Crippen LogP contribution in [0.2, 0.25) is 0 Å². The Morgan fingerprint density at radius 3 is 2.44 bits per heavy atom. The molecular weight excluding hydrogens is 230 g/mol. The fourth-order valence-corrected chi connectivity index (χ4v) is 1.48. The van der Waals surface area contributed by atoms with E-state index in [0.717, 1.165) is 17.7 Å². The molecule has 0 aromatic heterocycles. The standard InChI is InChI=1S/C14H21NO3/c1-4-10(2)9-18-13-7-5-12(6-8-13)11(3)15-14(16)17/h5-8,10-11,15H,4,9H2,1-3H3,(H,16,17). The van der Waals surface area contributed by atoms with Crippen molar-refractivity contribution >= 4 is 6.09 Å². The number of amides is 1. The van der Waals surface area contributed by atoms with Gasteiger partial charge in [-0.2, -0.15) is 0 Å². The summed E-state index contributed by atoms with van der Waals surface area (Å²) in [6.07, 6.45) is 0.0806. The first-order valence-corrected chi connectivity index (χ1v) is 6.25. The second kappa shape index (κ2) is 6.89. The first-order chi connectivity index (χ1) is 8.52. The summed E-state index contributed by atoms with van der Waals surface area (Å²) >= 11 is 0. The van der Waals surface area contributed by atoms with Gasteiger partial charge in [0.15, 0.2) is 0 Å². The minimum Gasteiger partial charge on any atom is -0.493 e. The van der Waals surface area contributed by atoms with E-state index >= 15 is 0 Å². The van der Waals surface area contributed by atoms with Crippen LogP contribution in [-0.4, -0.2) is 17.8 Å². The predicted molar refractivity (Wildman–Crippen MR) is 71.0 cm³/mol. The fourth-order valence-electron chi connectivity index (χ4n) is 1.48. The Labute approximate surface area is 108 Å². The fraction of sp³-hybridized carbons (Fsp3) is 0.500. The molecule has 0 aliphatic heterocycles. The van der Waals surface area contributed by atoms with Crippen LogP contribution in [0.25, 0.3) is 0 Å². The smallest absolute Gasteiger partial charge is 0.405 e. The van der Waals surface area contributed by atoms with Crippen LogP contribution in [0.1, 0.15) is 38.8 Å². The Hall–Kier alpha value is -1.71. The molecule has 1 rings (SSSR count). The van der Waals surface area contributed by atoms with Gasteiger partial charge in [0.2, 0.25) is 0 Å². The van der Waals surface area contributed by atoms with Crippen LogP contribution < -0.4 is 10.1 Å². The molecule has 2 N–H and O–H groups in total. The molecule has 100 valence electrons. The molecule has 0 heterocycles. The number of rotatable bonds is 6. The number of hydrogen-bond acceptors (Lipinski definition) is 2. The first-order valence-electron chi connectivity index (χ1n) is 6.25. The van der Waals surface area contributed by atoms with Crippen molar-refractivity contribution in [1.82, 2.24) is 5.32 Å². The summed E-state index contributed by atoms with van der Waals surface area (Å²) in [6.45, 7) is 6.80. The van der Waals surface area contributed by atoms with E-state index in [0.29, 0.717) is 12.5 Å². The highest BCUT2D eigenvalue weighted by Crippen LogP contribution is 2.18. The van der Waals surface area contributed by atoms with Gasteiger partial charge in [-0.05, 0) is 30.5 Å². The average molecular weight is 251 g/mol. The van der Waals surface area contributed by atoms with Gasteiger partial charge in [-0.15, -0.1) is 0 Å². The van der Waals surface area contributed by atoms with Gasteiger partial charge in [-0.3, -0.25) is 0 Å². The number of carboxylic acid groups (broad SMARTS) is 1. The summed E-state index contributed by atoms with van der Waals surface area (Å²) in [5.74, 6) is 1.36. The summed E-state index contributed by atoms with van der Waals surface area (Å²) in [5, 5.41) is 11.1. The lowest BCUT2D eigenvalue weighted by atomic mass is 10.1. The molecule has 0 aliphatic rings. The molecule has 0 bridgehead atoms. The lowest BCUT2D eigenvalue weighted by Crippen LogP contribution is -2.24. The van der Waals surface area contributed by atoms with Gasteiger partial charge in [0, 0.05) is 0 Å². The van der Waals surface area contributed by atoms with Crippen molar-refractivity contribution in [2.45, 2.75) is 33.2 Å². The highest BCUT2D eigenvalue weighted by Gasteiger charge is 2.08. The third-order valence-electron chi connectivity index (χ3n) is 2.95. The molecular formula is C14H21NO3. The molecule has 0 spiro atoms. The molecule has 0 fully saturated rings. The lowest BCUT2D eigenvalue weighted by Gasteiger charge is -2.14. The Morgan fingerprint density at radius 2 is 1.94 bits per heavy atom. The average Bonchev–Trinajstić information content (AvgIpc) is 2.35. The number of ether oxygens (including phenoxy) is 1. The van der Waals surface area contributed by atoms with E-state index in [1.54, 1.807) is 0 Å². The second-order valence-electron chi connectivity index (χ2n) is 4.56. The zero-order chi connectivity index (χ0) is 13.5. The first kappa shape index (κ1) is 14.4. The third kappa shape index (κ3) is 4.65. The van der Waals surface area contributed by atoms with Crippen LogP contribution in [0.3, 0.4) is 0 Å². The zero-order valence-electron chi connectivity index (χ0n) is 11.1. The molecule has 2 unspecified atom stereocenters. The minimum atomic E-state index is -1.01. The second-order valence-corrected chi connectivity index (χ2v) is 4.56. The molecule has 1 amide bonds. The van der Waals surface area contributed by atoms with Crippen molar-refractivity contribution in [2.75, 3.05) is 6.61 Å². The van der Waals surface area contributed by atoms with Crippen LogP contribution >= 0.6 is 0 Å². The maximum Gasteiger partial charge on any atom is 0.405 e. The third-order valence-corrected chi connectivity index (χ3v) is 2.95. The lowest BCUT2D eigenvalue weighted by molar-refractivity contribution is 0.191. The highest BCUT2D eigenvalue weighted by atomic mass is 16.5. The van der Waals surface area contributed by atoms with Gasteiger partial charge in [0.1, 0.15) is 5.75 Å². The van der Waals surface area contributed by atoms with Crippen LogP contribution in [0, 0.1) is 5.92 Å². The van der Waals surface area contributed by atoms with E-state index in [9.17, 15) is 4.79 Å². The summed E-state index contributed by atoms with van der Waals surface area (Å²) in [6, 6.07) is 7.29. The van der Waals surface area contributed by atoms with Crippen LogP contribution in [0.15, 0.2) is 24.3 Å². The number of benzene rings is 1. The summed E-state index contributed by atoms with van der Waals surface area (Å²) in [4.78, 5) is 10.5. The van der Waals surface area contributed by atoms with E-state index in [1.165, 1.54) is 0 Å². The van der Waals surface area contributed by atoms with Crippen LogP contribution in [0.4, 0.5) is 4.79 Å². The van der Waals surface area contributed by atoms with Crippen molar-refractivity contribution in [3.63, 3.8) is 0 Å². The van der Waals surface area contributed by atoms with Gasteiger partial charge in [0.05, 0.1) is 12.6 Å². The van der Waals surface area contributed by atoms with Gasteiger partial charge in [-0.1, -0.05) is 32.4 Å². The molecule has 4 heteroatoms. The molecule has 1 aromatic carbocycles. The number of carbonyl (C=O) groups is 1. The highest BCUT2D eigenvalue weighted by molar-refractivity contribution is 5.65. The quantitative estimate of drug-likeness (QED) is 0.814. The Kier molecular flexibility index (Phi) is 5.49. The molecule has 2 atom stereocenters.